The Hall–Kier alpha value is -2.62. The van der Waals surface area contributed by atoms with Gasteiger partial charge < -0.3 is 10.0 Å². The van der Waals surface area contributed by atoms with E-state index in [0.29, 0.717) is 0 Å². The Balaban J connectivity index is 1.80. The topological polar surface area (TPSA) is 57.6 Å². The first-order valence-electron chi connectivity index (χ1n) is 8.65. The summed E-state index contributed by atoms with van der Waals surface area (Å²) in [6.07, 6.45) is 2.21. The third-order valence-corrected chi connectivity index (χ3v) is 5.11. The lowest BCUT2D eigenvalue weighted by atomic mass is 9.95. The zero-order chi connectivity index (χ0) is 18.0. The zero-order valence-corrected chi connectivity index (χ0v) is 14.7. The highest BCUT2D eigenvalue weighted by atomic mass is 16.4. The summed E-state index contributed by atoms with van der Waals surface area (Å²) >= 11 is 0. The van der Waals surface area contributed by atoms with Gasteiger partial charge in [0.05, 0.1) is 18.0 Å². The number of rotatable bonds is 4. The Bertz CT molecular complexity index is 813. The number of carboxylic acid groups (broad SMARTS) is 1. The molecule has 1 N–H and O–H groups in total. The molecule has 0 aromatic heterocycles. The lowest BCUT2D eigenvalue weighted by molar-refractivity contribution is -0.131. The predicted octanol–water partition coefficient (Wildman–Crippen LogP) is 3.91. The SMILES string of the molecule is Cc1cccc(C2CCCN2C(=O)Cc2cccc(C(=O)O)c2)c1C. The van der Waals surface area contributed by atoms with Gasteiger partial charge in [-0.25, -0.2) is 4.79 Å². The second-order valence-electron chi connectivity index (χ2n) is 6.72. The number of likely N-dealkylation sites (tertiary alicyclic amines) is 1. The van der Waals surface area contributed by atoms with Gasteiger partial charge in [0.25, 0.3) is 0 Å². The third-order valence-electron chi connectivity index (χ3n) is 5.11. The van der Waals surface area contributed by atoms with E-state index < -0.39 is 5.97 Å². The molecule has 1 heterocycles. The summed E-state index contributed by atoms with van der Waals surface area (Å²) in [5, 5.41) is 9.11. The van der Waals surface area contributed by atoms with E-state index in [1.165, 1.54) is 16.7 Å². The first-order valence-corrected chi connectivity index (χ1v) is 8.65. The van der Waals surface area contributed by atoms with Gasteiger partial charge in [0.15, 0.2) is 0 Å². The van der Waals surface area contributed by atoms with Crippen molar-refractivity contribution in [2.75, 3.05) is 6.54 Å². The van der Waals surface area contributed by atoms with Crippen molar-refractivity contribution in [2.45, 2.75) is 39.2 Å². The van der Waals surface area contributed by atoms with Crippen LogP contribution in [0.3, 0.4) is 0 Å². The molecular formula is C21H23NO3. The number of carbonyl (C=O) groups is 2. The Morgan fingerprint density at radius 2 is 1.92 bits per heavy atom. The third kappa shape index (κ3) is 3.58. The van der Waals surface area contributed by atoms with E-state index in [-0.39, 0.29) is 23.9 Å². The van der Waals surface area contributed by atoms with E-state index >= 15 is 0 Å². The zero-order valence-electron chi connectivity index (χ0n) is 14.7. The Morgan fingerprint density at radius 3 is 2.68 bits per heavy atom. The van der Waals surface area contributed by atoms with E-state index in [1.54, 1.807) is 18.2 Å². The number of benzene rings is 2. The van der Waals surface area contributed by atoms with Crippen LogP contribution in [-0.4, -0.2) is 28.4 Å². The predicted molar refractivity (Wildman–Crippen MR) is 96.7 cm³/mol. The van der Waals surface area contributed by atoms with Crippen molar-refractivity contribution in [3.05, 3.63) is 70.3 Å². The molecule has 1 saturated heterocycles. The van der Waals surface area contributed by atoms with Crippen molar-refractivity contribution < 1.29 is 14.7 Å². The van der Waals surface area contributed by atoms with Crippen LogP contribution in [0.1, 0.15) is 51.5 Å². The van der Waals surface area contributed by atoms with Gasteiger partial charge in [0, 0.05) is 6.54 Å². The van der Waals surface area contributed by atoms with Crippen molar-refractivity contribution in [2.24, 2.45) is 0 Å². The molecule has 25 heavy (non-hydrogen) atoms. The van der Waals surface area contributed by atoms with Crippen LogP contribution in [0.4, 0.5) is 0 Å². The quantitative estimate of drug-likeness (QED) is 0.920. The van der Waals surface area contributed by atoms with Gasteiger partial charge >= 0.3 is 5.97 Å². The Morgan fingerprint density at radius 1 is 1.16 bits per heavy atom. The number of amides is 1. The highest BCUT2D eigenvalue weighted by Crippen LogP contribution is 2.35. The normalized spacial score (nSPS) is 16.9. The molecule has 0 bridgehead atoms. The monoisotopic (exact) mass is 337 g/mol. The number of aromatic carboxylic acids is 1. The van der Waals surface area contributed by atoms with Crippen LogP contribution in [0.5, 0.6) is 0 Å². The van der Waals surface area contributed by atoms with Crippen LogP contribution in [0.25, 0.3) is 0 Å². The highest BCUT2D eigenvalue weighted by molar-refractivity contribution is 5.88. The van der Waals surface area contributed by atoms with Gasteiger partial charge in [-0.1, -0.05) is 30.3 Å². The average molecular weight is 337 g/mol. The Kier molecular flexibility index (Phi) is 4.88. The minimum absolute atomic E-state index is 0.0611. The fraction of sp³-hybridized carbons (Fsp3) is 0.333. The van der Waals surface area contributed by atoms with Crippen molar-refractivity contribution in [3.63, 3.8) is 0 Å². The summed E-state index contributed by atoms with van der Waals surface area (Å²) in [6.45, 7) is 4.97. The van der Waals surface area contributed by atoms with Gasteiger partial charge in [-0.15, -0.1) is 0 Å². The van der Waals surface area contributed by atoms with Crippen LogP contribution in [0.15, 0.2) is 42.5 Å². The van der Waals surface area contributed by atoms with E-state index in [4.69, 9.17) is 5.11 Å². The molecule has 2 aromatic carbocycles. The summed E-state index contributed by atoms with van der Waals surface area (Å²) in [7, 11) is 0. The lowest BCUT2D eigenvalue weighted by Crippen LogP contribution is -2.32. The van der Waals surface area contributed by atoms with Crippen molar-refractivity contribution >= 4 is 11.9 Å². The van der Waals surface area contributed by atoms with Crippen LogP contribution < -0.4 is 0 Å². The smallest absolute Gasteiger partial charge is 0.335 e. The number of hydrogen-bond acceptors (Lipinski definition) is 2. The van der Waals surface area contributed by atoms with Gasteiger partial charge in [0.1, 0.15) is 0 Å². The maximum Gasteiger partial charge on any atom is 0.335 e. The molecule has 0 aliphatic carbocycles. The average Bonchev–Trinajstić information content (AvgIpc) is 3.07. The summed E-state index contributed by atoms with van der Waals surface area (Å²) in [5.41, 5.74) is 4.69. The molecule has 1 amide bonds. The van der Waals surface area contributed by atoms with Crippen LogP contribution in [-0.2, 0) is 11.2 Å². The molecule has 1 unspecified atom stereocenters. The van der Waals surface area contributed by atoms with Crippen LogP contribution in [0.2, 0.25) is 0 Å². The van der Waals surface area contributed by atoms with Gasteiger partial charge in [0.2, 0.25) is 5.91 Å². The van der Waals surface area contributed by atoms with Crippen molar-refractivity contribution in [1.29, 1.82) is 0 Å². The number of carboxylic acids is 1. The molecule has 4 heteroatoms. The number of nitrogens with zero attached hydrogens (tertiary/aromatic N) is 1. The minimum atomic E-state index is -0.969. The fourth-order valence-electron chi connectivity index (χ4n) is 3.61. The van der Waals surface area contributed by atoms with Gasteiger partial charge in [-0.2, -0.15) is 0 Å². The second kappa shape index (κ2) is 7.09. The van der Waals surface area contributed by atoms with Gasteiger partial charge in [-0.05, 0) is 61.1 Å². The van der Waals surface area contributed by atoms with Crippen molar-refractivity contribution in [1.82, 2.24) is 4.90 Å². The molecule has 0 radical (unpaired) electrons. The van der Waals surface area contributed by atoms with Crippen LogP contribution >= 0.6 is 0 Å². The fourth-order valence-corrected chi connectivity index (χ4v) is 3.61. The van der Waals surface area contributed by atoms with Crippen LogP contribution in [0, 0.1) is 13.8 Å². The molecular weight excluding hydrogens is 314 g/mol. The molecule has 1 aliphatic heterocycles. The van der Waals surface area contributed by atoms with Crippen molar-refractivity contribution in [3.8, 4) is 0 Å². The van der Waals surface area contributed by atoms with E-state index in [1.807, 2.05) is 11.0 Å². The maximum absolute atomic E-state index is 12.9. The molecule has 0 saturated carbocycles. The van der Waals surface area contributed by atoms with Gasteiger partial charge in [-0.3, -0.25) is 4.79 Å². The van der Waals surface area contributed by atoms with E-state index in [9.17, 15) is 9.59 Å². The molecule has 4 nitrogen and oxygen atoms in total. The summed E-state index contributed by atoms with van der Waals surface area (Å²) in [4.78, 5) is 25.9. The second-order valence-corrected chi connectivity index (χ2v) is 6.72. The molecule has 0 spiro atoms. The summed E-state index contributed by atoms with van der Waals surface area (Å²) < 4.78 is 0. The standard InChI is InChI=1S/C21H23NO3/c1-14-6-3-9-18(15(14)2)19-10-5-11-22(19)20(23)13-16-7-4-8-17(12-16)21(24)25/h3-4,6-9,12,19H,5,10-11,13H2,1-2H3,(H,24,25). The highest BCUT2D eigenvalue weighted by Gasteiger charge is 2.30. The first kappa shape index (κ1) is 17.2. The van der Waals surface area contributed by atoms with E-state index in [2.05, 4.69) is 32.0 Å². The number of aryl methyl sites for hydroxylation is 1. The molecule has 1 fully saturated rings. The van der Waals surface area contributed by atoms with E-state index in [0.717, 1.165) is 24.9 Å². The first-order chi connectivity index (χ1) is 12.0. The Labute approximate surface area is 148 Å². The molecule has 2 aromatic rings. The minimum Gasteiger partial charge on any atom is -0.478 e. The maximum atomic E-state index is 12.9. The summed E-state index contributed by atoms with van der Waals surface area (Å²) in [5.74, 6) is -0.908. The largest absolute Gasteiger partial charge is 0.478 e. The molecule has 3 rings (SSSR count). The molecule has 1 atom stereocenters. The number of hydrogen-bond donors (Lipinski definition) is 1. The molecule has 130 valence electrons. The lowest BCUT2D eigenvalue weighted by Gasteiger charge is -2.27. The molecule has 1 aliphatic rings. The summed E-state index contributed by atoms with van der Waals surface area (Å²) in [6, 6.07) is 13.0. The number of carbonyl (C=O) groups excluding carboxylic acids is 1.